The molecule has 0 aliphatic heterocycles. The second-order valence-electron chi connectivity index (χ2n) is 7.81. The number of hydrogen-bond donors (Lipinski definition) is 3. The average Bonchev–Trinajstić information content (AvgIpc) is 2.74. The fraction of sp³-hybridized carbons (Fsp3) is 0.391. The molecule has 1 saturated carbocycles. The van der Waals surface area contributed by atoms with Gasteiger partial charge in [0.2, 0.25) is 0 Å². The molecule has 0 saturated heterocycles. The number of carbonyl (C=O) groups excluding carboxylic acids is 2. The molecule has 2 aromatic carbocycles. The van der Waals surface area contributed by atoms with Crippen LogP contribution in [0.5, 0.6) is 0 Å². The zero-order valence-corrected chi connectivity index (χ0v) is 18.3. The lowest BCUT2D eigenvalue weighted by Crippen LogP contribution is -2.44. The number of carbonyl (C=O) groups is 2. The summed E-state index contributed by atoms with van der Waals surface area (Å²) in [4.78, 5) is 24.3. The van der Waals surface area contributed by atoms with E-state index in [1.54, 1.807) is 36.4 Å². The molecule has 2 aromatic rings. The maximum Gasteiger partial charge on any atom is 0.328 e. The molecule has 0 spiro atoms. The SMILES string of the molecule is O=C(NC1CCCCCCC1)NS(=O)(=O)c1ccc(CNC(=O)c2ccccc2)cc1. The fourth-order valence-corrected chi connectivity index (χ4v) is 4.57. The smallest absolute Gasteiger partial charge is 0.328 e. The Bertz CT molecular complexity index is 968. The summed E-state index contributed by atoms with van der Waals surface area (Å²) in [5, 5.41) is 5.59. The quantitative estimate of drug-likeness (QED) is 0.633. The Morgan fingerprint density at radius 1 is 0.839 bits per heavy atom. The van der Waals surface area contributed by atoms with Crippen LogP contribution in [0.15, 0.2) is 59.5 Å². The Labute approximate surface area is 183 Å². The molecular formula is C23H29N3O4S. The maximum atomic E-state index is 12.5. The molecule has 3 N–H and O–H groups in total. The summed E-state index contributed by atoms with van der Waals surface area (Å²) in [6, 6.07) is 14.3. The number of nitrogens with one attached hydrogen (secondary N) is 3. The largest absolute Gasteiger partial charge is 0.348 e. The zero-order valence-electron chi connectivity index (χ0n) is 17.5. The Hall–Kier alpha value is -2.87. The van der Waals surface area contributed by atoms with Crippen LogP contribution in [-0.4, -0.2) is 26.4 Å². The van der Waals surface area contributed by atoms with Gasteiger partial charge in [-0.2, -0.15) is 0 Å². The minimum absolute atomic E-state index is 0.00143. The second kappa shape index (κ2) is 10.9. The highest BCUT2D eigenvalue weighted by Gasteiger charge is 2.20. The van der Waals surface area contributed by atoms with Gasteiger partial charge in [-0.1, -0.05) is 62.4 Å². The first-order valence-corrected chi connectivity index (χ1v) is 12.2. The predicted molar refractivity (Wildman–Crippen MR) is 119 cm³/mol. The van der Waals surface area contributed by atoms with Crippen LogP contribution < -0.4 is 15.4 Å². The third kappa shape index (κ3) is 7.10. The monoisotopic (exact) mass is 443 g/mol. The summed E-state index contributed by atoms with van der Waals surface area (Å²) in [5.74, 6) is -0.204. The van der Waals surface area contributed by atoms with E-state index >= 15 is 0 Å². The predicted octanol–water partition coefficient (Wildman–Crippen LogP) is 3.72. The third-order valence-corrected chi connectivity index (χ3v) is 6.74. The first-order valence-electron chi connectivity index (χ1n) is 10.7. The van der Waals surface area contributed by atoms with Crippen LogP contribution in [0.1, 0.15) is 60.9 Å². The number of urea groups is 1. The van der Waals surface area contributed by atoms with Crippen molar-refractivity contribution in [2.45, 2.75) is 62.4 Å². The molecule has 166 valence electrons. The Morgan fingerprint density at radius 3 is 2.10 bits per heavy atom. The summed E-state index contributed by atoms with van der Waals surface area (Å²) < 4.78 is 27.2. The van der Waals surface area contributed by atoms with Gasteiger partial charge >= 0.3 is 6.03 Å². The van der Waals surface area contributed by atoms with E-state index in [4.69, 9.17) is 0 Å². The molecule has 3 amide bonds. The zero-order chi connectivity index (χ0) is 22.1. The van der Waals surface area contributed by atoms with Gasteiger partial charge < -0.3 is 10.6 Å². The van der Waals surface area contributed by atoms with Gasteiger partial charge in [-0.25, -0.2) is 17.9 Å². The topological polar surface area (TPSA) is 104 Å². The van der Waals surface area contributed by atoms with Gasteiger partial charge in [0.1, 0.15) is 0 Å². The Morgan fingerprint density at radius 2 is 1.45 bits per heavy atom. The molecular weight excluding hydrogens is 414 g/mol. The summed E-state index contributed by atoms with van der Waals surface area (Å²) in [6.45, 7) is 0.268. The van der Waals surface area contributed by atoms with Crippen molar-refractivity contribution in [3.63, 3.8) is 0 Å². The van der Waals surface area contributed by atoms with Gasteiger partial charge in [-0.3, -0.25) is 4.79 Å². The van der Waals surface area contributed by atoms with E-state index in [1.165, 1.54) is 18.6 Å². The minimum atomic E-state index is -3.97. The number of benzene rings is 2. The molecule has 0 radical (unpaired) electrons. The summed E-state index contributed by atoms with van der Waals surface area (Å²) in [6.07, 6.45) is 7.35. The summed E-state index contributed by atoms with van der Waals surface area (Å²) >= 11 is 0. The van der Waals surface area contributed by atoms with Crippen molar-refractivity contribution in [2.24, 2.45) is 0 Å². The van der Waals surface area contributed by atoms with Crippen LogP contribution >= 0.6 is 0 Å². The van der Waals surface area contributed by atoms with Crippen molar-refractivity contribution < 1.29 is 18.0 Å². The second-order valence-corrected chi connectivity index (χ2v) is 9.50. The molecule has 7 nitrogen and oxygen atoms in total. The van der Waals surface area contributed by atoms with Crippen LogP contribution in [0, 0.1) is 0 Å². The molecule has 8 heteroatoms. The van der Waals surface area contributed by atoms with Crippen LogP contribution in [-0.2, 0) is 16.6 Å². The van der Waals surface area contributed by atoms with E-state index in [9.17, 15) is 18.0 Å². The van der Waals surface area contributed by atoms with E-state index in [0.29, 0.717) is 5.56 Å². The van der Waals surface area contributed by atoms with Crippen molar-refractivity contribution in [3.8, 4) is 0 Å². The van der Waals surface area contributed by atoms with Gasteiger partial charge in [0.05, 0.1) is 4.90 Å². The minimum Gasteiger partial charge on any atom is -0.348 e. The lowest BCUT2D eigenvalue weighted by atomic mass is 9.97. The molecule has 1 aliphatic rings. The fourth-order valence-electron chi connectivity index (χ4n) is 3.66. The van der Waals surface area contributed by atoms with Crippen molar-refractivity contribution in [1.82, 2.24) is 15.4 Å². The number of amides is 3. The van der Waals surface area contributed by atoms with E-state index < -0.39 is 16.1 Å². The molecule has 0 atom stereocenters. The maximum absolute atomic E-state index is 12.5. The summed E-state index contributed by atoms with van der Waals surface area (Å²) in [7, 11) is -3.97. The normalized spacial score (nSPS) is 15.4. The highest BCUT2D eigenvalue weighted by Crippen LogP contribution is 2.17. The van der Waals surface area contributed by atoms with E-state index in [1.807, 2.05) is 6.07 Å². The lowest BCUT2D eigenvalue weighted by Gasteiger charge is -2.21. The number of rotatable bonds is 6. The van der Waals surface area contributed by atoms with Crippen molar-refractivity contribution in [1.29, 1.82) is 0 Å². The van der Waals surface area contributed by atoms with Gasteiger partial charge in [0.25, 0.3) is 15.9 Å². The highest BCUT2D eigenvalue weighted by atomic mass is 32.2. The van der Waals surface area contributed by atoms with E-state index in [0.717, 1.165) is 44.1 Å². The average molecular weight is 444 g/mol. The molecule has 1 fully saturated rings. The molecule has 0 bridgehead atoms. The Kier molecular flexibility index (Phi) is 8.06. The first kappa shape index (κ1) is 22.8. The molecule has 0 aromatic heterocycles. The molecule has 3 rings (SSSR count). The van der Waals surface area contributed by atoms with Crippen molar-refractivity contribution in [2.75, 3.05) is 0 Å². The van der Waals surface area contributed by atoms with Gasteiger partial charge in [0, 0.05) is 18.2 Å². The number of sulfonamides is 1. The Balaban J connectivity index is 1.52. The summed E-state index contributed by atoms with van der Waals surface area (Å²) in [5.41, 5.74) is 1.31. The van der Waals surface area contributed by atoms with Gasteiger partial charge in [-0.15, -0.1) is 0 Å². The molecule has 0 heterocycles. The van der Waals surface area contributed by atoms with Gasteiger partial charge in [0.15, 0.2) is 0 Å². The lowest BCUT2D eigenvalue weighted by molar-refractivity contribution is 0.0951. The van der Waals surface area contributed by atoms with E-state index in [-0.39, 0.29) is 23.4 Å². The highest BCUT2D eigenvalue weighted by molar-refractivity contribution is 7.90. The molecule has 0 unspecified atom stereocenters. The van der Waals surface area contributed by atoms with Crippen LogP contribution in [0.25, 0.3) is 0 Å². The van der Waals surface area contributed by atoms with Crippen molar-refractivity contribution >= 4 is 22.0 Å². The number of hydrogen-bond acceptors (Lipinski definition) is 4. The van der Waals surface area contributed by atoms with Gasteiger partial charge in [-0.05, 0) is 42.7 Å². The molecule has 1 aliphatic carbocycles. The standard InChI is InChI=1S/C23H29N3O4S/c27-22(19-9-5-4-6-10-19)24-17-18-13-15-21(16-14-18)31(29,30)26-23(28)25-20-11-7-2-1-3-8-12-20/h4-6,9-10,13-16,20H,1-3,7-8,11-12,17H2,(H,24,27)(H2,25,26,28). The third-order valence-electron chi connectivity index (χ3n) is 5.39. The van der Waals surface area contributed by atoms with Crippen LogP contribution in [0.4, 0.5) is 4.79 Å². The van der Waals surface area contributed by atoms with Crippen LogP contribution in [0.2, 0.25) is 0 Å². The van der Waals surface area contributed by atoms with E-state index in [2.05, 4.69) is 15.4 Å². The molecule has 31 heavy (non-hydrogen) atoms. The van der Waals surface area contributed by atoms with Crippen molar-refractivity contribution in [3.05, 3.63) is 65.7 Å². The first-order chi connectivity index (χ1) is 14.9. The van der Waals surface area contributed by atoms with Crippen LogP contribution in [0.3, 0.4) is 0 Å².